The van der Waals surface area contributed by atoms with Crippen molar-refractivity contribution in [3.05, 3.63) is 76.7 Å². The first-order valence-corrected chi connectivity index (χ1v) is 10.1. The molecule has 29 heavy (non-hydrogen) atoms. The molecule has 1 aliphatic rings. The summed E-state index contributed by atoms with van der Waals surface area (Å²) in [7, 11) is 0. The fourth-order valence-corrected chi connectivity index (χ4v) is 3.81. The van der Waals surface area contributed by atoms with Crippen molar-refractivity contribution < 1.29 is 9.21 Å². The Labute approximate surface area is 170 Å². The lowest BCUT2D eigenvalue weighted by atomic mass is 10.0. The molecule has 0 spiro atoms. The van der Waals surface area contributed by atoms with E-state index in [2.05, 4.69) is 20.4 Å². The van der Waals surface area contributed by atoms with Crippen LogP contribution >= 0.6 is 0 Å². The van der Waals surface area contributed by atoms with Gasteiger partial charge in [0.2, 0.25) is 5.89 Å². The number of carbonyl (C=O) groups excluding carboxylic acids is 1. The second-order valence-electron chi connectivity index (χ2n) is 7.66. The fraction of sp³-hybridized carbons (Fsp3) is 0.348. The van der Waals surface area contributed by atoms with E-state index in [1.54, 1.807) is 0 Å². The van der Waals surface area contributed by atoms with Gasteiger partial charge in [0.05, 0.1) is 0 Å². The lowest BCUT2D eigenvalue weighted by Gasteiger charge is -2.24. The van der Waals surface area contributed by atoms with E-state index < -0.39 is 6.04 Å². The molecule has 1 saturated heterocycles. The van der Waals surface area contributed by atoms with Gasteiger partial charge in [0.15, 0.2) is 0 Å². The molecule has 1 amide bonds. The van der Waals surface area contributed by atoms with Gasteiger partial charge in [-0.1, -0.05) is 52.6 Å². The van der Waals surface area contributed by atoms with Crippen LogP contribution in [0.1, 0.15) is 58.2 Å². The monoisotopic (exact) mass is 390 g/mol. The highest BCUT2D eigenvalue weighted by Gasteiger charge is 2.25. The number of nitrogens with one attached hydrogen (secondary N) is 1. The summed E-state index contributed by atoms with van der Waals surface area (Å²) in [6, 6.07) is 15.6. The third-order valence-corrected chi connectivity index (χ3v) is 5.20. The molecule has 0 saturated carbocycles. The number of amides is 1. The quantitative estimate of drug-likeness (QED) is 0.707. The minimum absolute atomic E-state index is 0.164. The lowest BCUT2D eigenvalue weighted by Crippen LogP contribution is -2.30. The Hall–Kier alpha value is -3.15. The van der Waals surface area contributed by atoms with Crippen LogP contribution in [0.25, 0.3) is 0 Å². The molecule has 1 aromatic heterocycles. The Morgan fingerprint density at radius 3 is 2.38 bits per heavy atom. The third-order valence-electron chi connectivity index (χ3n) is 5.20. The molecule has 150 valence electrons. The predicted molar refractivity (Wildman–Crippen MR) is 112 cm³/mol. The van der Waals surface area contributed by atoms with Gasteiger partial charge < -0.3 is 14.6 Å². The van der Waals surface area contributed by atoms with Crippen molar-refractivity contribution in [2.24, 2.45) is 0 Å². The Morgan fingerprint density at radius 2 is 1.69 bits per heavy atom. The van der Waals surface area contributed by atoms with Crippen molar-refractivity contribution >= 4 is 11.9 Å². The molecule has 6 heteroatoms. The molecule has 3 aromatic rings. The molecule has 1 aliphatic heterocycles. The molecule has 0 unspecified atom stereocenters. The van der Waals surface area contributed by atoms with Crippen LogP contribution < -0.4 is 10.2 Å². The van der Waals surface area contributed by atoms with E-state index in [1.165, 1.54) is 6.42 Å². The smallest absolute Gasteiger partial charge is 0.318 e. The van der Waals surface area contributed by atoms with Crippen LogP contribution in [0.15, 0.2) is 52.9 Å². The average molecular weight is 390 g/mol. The van der Waals surface area contributed by atoms with Crippen LogP contribution in [0.2, 0.25) is 0 Å². The summed E-state index contributed by atoms with van der Waals surface area (Å²) in [5.74, 6) is 0.234. The second kappa shape index (κ2) is 8.47. The molecule has 1 fully saturated rings. The van der Waals surface area contributed by atoms with Crippen LogP contribution in [0, 0.1) is 13.8 Å². The molecule has 1 N–H and O–H groups in total. The molecule has 1 atom stereocenters. The highest BCUT2D eigenvalue weighted by Crippen LogP contribution is 2.26. The van der Waals surface area contributed by atoms with E-state index in [1.807, 2.05) is 62.4 Å². The Kier molecular flexibility index (Phi) is 5.60. The first-order chi connectivity index (χ1) is 14.1. The van der Waals surface area contributed by atoms with Gasteiger partial charge in [-0.15, -0.1) is 5.10 Å². The van der Waals surface area contributed by atoms with E-state index in [9.17, 15) is 4.79 Å². The number of carbonyl (C=O) groups is 1. The van der Waals surface area contributed by atoms with E-state index >= 15 is 0 Å². The normalized spacial score (nSPS) is 15.2. The molecule has 0 radical (unpaired) electrons. The third kappa shape index (κ3) is 4.47. The lowest BCUT2D eigenvalue weighted by molar-refractivity contribution is 0.0937. The van der Waals surface area contributed by atoms with Crippen molar-refractivity contribution in [1.82, 2.24) is 15.5 Å². The topological polar surface area (TPSA) is 71.3 Å². The standard InChI is InChI=1S/C23H26N4O2/c1-16-13-17(2)15-19(14-16)21(28)24-20(18-9-5-3-6-10-18)22-25-26-23(29-22)27-11-7-4-8-12-27/h3,5-6,9-10,13-15,20H,4,7-8,11-12H2,1-2H3,(H,24,28)/t20-/m0/s1. The number of aromatic nitrogens is 2. The zero-order chi connectivity index (χ0) is 20.2. The van der Waals surface area contributed by atoms with Gasteiger partial charge in [-0.3, -0.25) is 4.79 Å². The number of aryl methyl sites for hydroxylation is 2. The molecule has 0 bridgehead atoms. The summed E-state index contributed by atoms with van der Waals surface area (Å²) in [4.78, 5) is 15.1. The highest BCUT2D eigenvalue weighted by atomic mass is 16.4. The van der Waals surface area contributed by atoms with Crippen molar-refractivity contribution in [1.29, 1.82) is 0 Å². The number of anilines is 1. The molecule has 2 heterocycles. The highest BCUT2D eigenvalue weighted by molar-refractivity contribution is 5.95. The molecule has 0 aliphatic carbocycles. The van der Waals surface area contributed by atoms with Crippen molar-refractivity contribution in [3.63, 3.8) is 0 Å². The van der Waals surface area contributed by atoms with Crippen molar-refractivity contribution in [2.75, 3.05) is 18.0 Å². The van der Waals surface area contributed by atoms with Crippen LogP contribution in [0.4, 0.5) is 6.01 Å². The summed E-state index contributed by atoms with van der Waals surface area (Å²) in [6.45, 7) is 5.82. The summed E-state index contributed by atoms with van der Waals surface area (Å²) < 4.78 is 6.01. The summed E-state index contributed by atoms with van der Waals surface area (Å²) >= 11 is 0. The zero-order valence-corrected chi connectivity index (χ0v) is 16.9. The molecular formula is C23H26N4O2. The largest absolute Gasteiger partial charge is 0.405 e. The van der Waals surface area contributed by atoms with Gasteiger partial charge in [-0.05, 0) is 50.8 Å². The summed E-state index contributed by atoms with van der Waals surface area (Å²) in [6.07, 6.45) is 3.49. The van der Waals surface area contributed by atoms with E-state index in [0.29, 0.717) is 17.5 Å². The maximum atomic E-state index is 13.0. The number of nitrogens with zero attached hydrogens (tertiary/aromatic N) is 3. The second-order valence-corrected chi connectivity index (χ2v) is 7.66. The molecule has 6 nitrogen and oxygen atoms in total. The maximum Gasteiger partial charge on any atom is 0.318 e. The van der Waals surface area contributed by atoms with Crippen LogP contribution in [-0.2, 0) is 0 Å². The SMILES string of the molecule is Cc1cc(C)cc(C(=O)N[C@@H](c2ccccc2)c2nnc(N3CCCCC3)o2)c1. The Bertz CT molecular complexity index is 957. The first kappa shape index (κ1) is 19.2. The van der Waals surface area contributed by atoms with Gasteiger partial charge in [0.25, 0.3) is 5.91 Å². The number of rotatable bonds is 5. The van der Waals surface area contributed by atoms with E-state index in [4.69, 9.17) is 4.42 Å². The summed E-state index contributed by atoms with van der Waals surface area (Å²) in [5, 5.41) is 11.6. The number of hydrogen-bond acceptors (Lipinski definition) is 5. The fourth-order valence-electron chi connectivity index (χ4n) is 3.81. The molecule has 4 rings (SSSR count). The van der Waals surface area contributed by atoms with E-state index in [-0.39, 0.29) is 5.91 Å². The van der Waals surface area contributed by atoms with Crippen LogP contribution in [-0.4, -0.2) is 29.2 Å². The van der Waals surface area contributed by atoms with Crippen molar-refractivity contribution in [2.45, 2.75) is 39.2 Å². The van der Waals surface area contributed by atoms with Gasteiger partial charge >= 0.3 is 6.01 Å². The first-order valence-electron chi connectivity index (χ1n) is 10.1. The van der Waals surface area contributed by atoms with Crippen molar-refractivity contribution in [3.8, 4) is 0 Å². The van der Waals surface area contributed by atoms with E-state index in [0.717, 1.165) is 42.6 Å². The maximum absolute atomic E-state index is 13.0. The van der Waals surface area contributed by atoms with Gasteiger partial charge in [0, 0.05) is 18.7 Å². The minimum Gasteiger partial charge on any atom is -0.405 e. The van der Waals surface area contributed by atoms with Crippen LogP contribution in [0.5, 0.6) is 0 Å². The zero-order valence-electron chi connectivity index (χ0n) is 16.9. The number of hydrogen-bond donors (Lipinski definition) is 1. The molecular weight excluding hydrogens is 364 g/mol. The van der Waals surface area contributed by atoms with Gasteiger partial charge in [-0.25, -0.2) is 0 Å². The van der Waals surface area contributed by atoms with Crippen LogP contribution in [0.3, 0.4) is 0 Å². The number of piperidine rings is 1. The Balaban J connectivity index is 1.62. The minimum atomic E-state index is -0.504. The average Bonchev–Trinajstić information content (AvgIpc) is 3.22. The summed E-state index contributed by atoms with van der Waals surface area (Å²) in [5.41, 5.74) is 3.63. The predicted octanol–water partition coefficient (Wildman–Crippen LogP) is 4.20. The van der Waals surface area contributed by atoms with Gasteiger partial charge in [0.1, 0.15) is 6.04 Å². The molecule has 2 aromatic carbocycles. The number of benzene rings is 2. The van der Waals surface area contributed by atoms with Gasteiger partial charge in [-0.2, -0.15) is 0 Å². The Morgan fingerprint density at radius 1 is 1.00 bits per heavy atom.